The van der Waals surface area contributed by atoms with Crippen molar-refractivity contribution >= 4 is 27.8 Å². The number of nitrogen functional groups attached to an aromatic ring is 1. The van der Waals surface area contributed by atoms with Crippen LogP contribution in [0.15, 0.2) is 16.7 Å². The first-order valence-corrected chi connectivity index (χ1v) is 16.8. The molecule has 1 saturated carbocycles. The van der Waals surface area contributed by atoms with E-state index in [2.05, 4.69) is 64.1 Å². The zero-order valence-corrected chi connectivity index (χ0v) is 26.4. The first kappa shape index (κ1) is 28.6. The van der Waals surface area contributed by atoms with Crippen LogP contribution >= 0.6 is 11.3 Å². The highest BCUT2D eigenvalue weighted by atomic mass is 32.1. The van der Waals surface area contributed by atoms with Gasteiger partial charge >= 0.3 is 0 Å². The van der Waals surface area contributed by atoms with Gasteiger partial charge in [0.15, 0.2) is 0 Å². The van der Waals surface area contributed by atoms with Crippen molar-refractivity contribution in [2.45, 2.75) is 89.3 Å². The maximum absolute atomic E-state index is 9.93. The van der Waals surface area contributed by atoms with E-state index in [-0.39, 0.29) is 0 Å². The molecular weight excluding hydrogens is 558 g/mol. The zero-order valence-electron chi connectivity index (χ0n) is 25.6. The molecule has 0 radical (unpaired) electrons. The average Bonchev–Trinajstić information content (AvgIpc) is 3.77. The number of nitrogens with one attached hydrogen (secondary N) is 1. The SMILES string of the molecule is C[C@@H]1CN(c2cc(-c3noc(C4(C)CCCc5sc(N)c(C#N)c54)n3)nc(N3CCN(C4CCCC4)CC3)c2)C[C@H](C)N1. The van der Waals surface area contributed by atoms with Gasteiger partial charge in [0.25, 0.3) is 0 Å². The number of hydrogen-bond donors (Lipinski definition) is 2. The molecule has 3 aromatic heterocycles. The smallest absolute Gasteiger partial charge is 0.237 e. The quantitative estimate of drug-likeness (QED) is 0.431. The van der Waals surface area contributed by atoms with Crippen LogP contribution < -0.4 is 20.9 Å². The van der Waals surface area contributed by atoms with Gasteiger partial charge in [0.1, 0.15) is 22.6 Å². The lowest BCUT2D eigenvalue weighted by atomic mass is 9.72. The number of nitriles is 1. The summed E-state index contributed by atoms with van der Waals surface area (Å²) >= 11 is 1.52. The Kier molecular flexibility index (Phi) is 7.56. The Morgan fingerprint density at radius 1 is 1.05 bits per heavy atom. The Morgan fingerprint density at radius 3 is 2.51 bits per heavy atom. The number of aryl methyl sites for hydroxylation is 1. The molecule has 0 spiro atoms. The maximum Gasteiger partial charge on any atom is 0.237 e. The van der Waals surface area contributed by atoms with Gasteiger partial charge < -0.3 is 25.4 Å². The van der Waals surface area contributed by atoms with E-state index in [1.54, 1.807) is 0 Å². The lowest BCUT2D eigenvalue weighted by Crippen LogP contribution is -2.54. The third kappa shape index (κ3) is 5.28. The van der Waals surface area contributed by atoms with Crippen molar-refractivity contribution in [1.29, 1.82) is 5.26 Å². The molecule has 4 aliphatic rings. The van der Waals surface area contributed by atoms with Crippen LogP contribution in [0.4, 0.5) is 16.5 Å². The minimum Gasteiger partial charge on any atom is -0.389 e. The van der Waals surface area contributed by atoms with Gasteiger partial charge in [-0.05, 0) is 58.9 Å². The molecule has 2 aliphatic carbocycles. The minimum absolute atomic E-state index is 0.392. The average molecular weight is 602 g/mol. The number of hydrogen-bond acceptors (Lipinski definition) is 11. The summed E-state index contributed by atoms with van der Waals surface area (Å²) in [5.74, 6) is 2.00. The summed E-state index contributed by atoms with van der Waals surface area (Å²) in [6.07, 6.45) is 8.14. The summed E-state index contributed by atoms with van der Waals surface area (Å²) in [5.41, 5.74) is 9.11. The Hall–Kier alpha value is -3.20. The van der Waals surface area contributed by atoms with E-state index in [0.29, 0.717) is 34.4 Å². The summed E-state index contributed by atoms with van der Waals surface area (Å²) in [7, 11) is 0. The normalized spacial score (nSPS) is 26.9. The topological polar surface area (TPSA) is 123 Å². The fourth-order valence-electron chi connectivity index (χ4n) is 7.95. The number of thiophene rings is 1. The summed E-state index contributed by atoms with van der Waals surface area (Å²) in [5, 5.41) is 18.7. The predicted octanol–water partition coefficient (Wildman–Crippen LogP) is 4.54. The van der Waals surface area contributed by atoms with E-state index >= 15 is 0 Å². The molecule has 43 heavy (non-hydrogen) atoms. The molecule has 2 aliphatic heterocycles. The number of nitrogens with zero attached hydrogens (tertiary/aromatic N) is 7. The number of piperazine rings is 2. The fourth-order valence-corrected chi connectivity index (χ4v) is 9.14. The third-order valence-electron chi connectivity index (χ3n) is 10.1. The van der Waals surface area contributed by atoms with Crippen LogP contribution in [0.3, 0.4) is 0 Å². The first-order chi connectivity index (χ1) is 20.8. The van der Waals surface area contributed by atoms with Gasteiger partial charge in [-0.25, -0.2) is 4.98 Å². The molecule has 3 fully saturated rings. The number of aromatic nitrogens is 3. The summed E-state index contributed by atoms with van der Waals surface area (Å²) in [6, 6.07) is 8.25. The molecule has 0 bridgehead atoms. The largest absolute Gasteiger partial charge is 0.389 e. The Labute approximate surface area is 258 Å². The van der Waals surface area contributed by atoms with E-state index in [9.17, 15) is 5.26 Å². The van der Waals surface area contributed by atoms with Crippen molar-refractivity contribution in [3.05, 3.63) is 34.0 Å². The van der Waals surface area contributed by atoms with E-state index in [4.69, 9.17) is 20.2 Å². The third-order valence-corrected chi connectivity index (χ3v) is 11.2. The van der Waals surface area contributed by atoms with Crippen LogP contribution in [0.5, 0.6) is 0 Å². The van der Waals surface area contributed by atoms with Crippen LogP contribution in [0.1, 0.15) is 81.2 Å². The molecule has 1 unspecified atom stereocenters. The second-order valence-electron chi connectivity index (χ2n) is 13.3. The van der Waals surface area contributed by atoms with Gasteiger partial charge in [-0.1, -0.05) is 18.0 Å². The van der Waals surface area contributed by atoms with Crippen molar-refractivity contribution < 1.29 is 4.52 Å². The molecule has 0 aromatic carbocycles. The summed E-state index contributed by atoms with van der Waals surface area (Å²) in [6.45, 7) is 12.5. The van der Waals surface area contributed by atoms with Crippen LogP contribution in [0, 0.1) is 11.3 Å². The molecule has 3 atom stereocenters. The summed E-state index contributed by atoms with van der Waals surface area (Å²) in [4.78, 5) is 18.9. The van der Waals surface area contributed by atoms with Crippen molar-refractivity contribution in [2.24, 2.45) is 0 Å². The van der Waals surface area contributed by atoms with Gasteiger partial charge in [-0.2, -0.15) is 10.2 Å². The lowest BCUT2D eigenvalue weighted by Gasteiger charge is -2.40. The number of pyridine rings is 1. The lowest BCUT2D eigenvalue weighted by molar-refractivity contribution is 0.187. The van der Waals surface area contributed by atoms with E-state index in [1.807, 2.05) is 0 Å². The number of fused-ring (bicyclic) bond motifs is 1. The Balaban J connectivity index is 1.23. The van der Waals surface area contributed by atoms with Gasteiger partial charge in [0.05, 0.1) is 11.0 Å². The molecule has 228 valence electrons. The van der Waals surface area contributed by atoms with E-state index in [1.165, 1.54) is 37.0 Å². The Bertz CT molecular complexity index is 1500. The molecule has 3 aromatic rings. The molecule has 5 heterocycles. The van der Waals surface area contributed by atoms with Crippen LogP contribution in [-0.4, -0.2) is 77.4 Å². The van der Waals surface area contributed by atoms with Crippen molar-refractivity contribution in [2.75, 3.05) is 54.8 Å². The monoisotopic (exact) mass is 601 g/mol. The number of rotatable bonds is 5. The van der Waals surface area contributed by atoms with Gasteiger partial charge in [0.2, 0.25) is 11.7 Å². The molecule has 10 nitrogen and oxygen atoms in total. The van der Waals surface area contributed by atoms with Crippen LogP contribution in [-0.2, 0) is 11.8 Å². The van der Waals surface area contributed by atoms with Gasteiger partial charge in [-0.15, -0.1) is 11.3 Å². The standard InChI is InChI=1S/C32H43N9OS/c1-20-18-41(19-21(2)35-20)23-15-25(36-27(16-23)40-13-11-39(12-14-40)22-7-4-5-8-22)30-37-31(42-38-30)32(3)10-6-9-26-28(32)24(17-33)29(34)43-26/h15-16,20-22,35H,4-14,18-19,34H2,1-3H3/t20-,21+,32?. The molecule has 3 N–H and O–H groups in total. The minimum atomic E-state index is -0.557. The van der Waals surface area contributed by atoms with Gasteiger partial charge in [0, 0.05) is 79.6 Å². The highest BCUT2D eigenvalue weighted by Gasteiger charge is 2.43. The summed E-state index contributed by atoms with van der Waals surface area (Å²) < 4.78 is 6.01. The molecular formula is C32H43N9OS. The fraction of sp³-hybridized carbons (Fsp3) is 0.625. The van der Waals surface area contributed by atoms with Crippen molar-refractivity contribution in [3.8, 4) is 17.6 Å². The maximum atomic E-state index is 9.93. The molecule has 0 amide bonds. The molecule has 11 heteroatoms. The molecule has 7 rings (SSSR count). The number of nitrogens with two attached hydrogens (primary N) is 1. The second kappa shape index (κ2) is 11.4. The second-order valence-corrected chi connectivity index (χ2v) is 14.4. The van der Waals surface area contributed by atoms with E-state index in [0.717, 1.165) is 92.2 Å². The Morgan fingerprint density at radius 2 is 1.79 bits per heavy atom. The highest BCUT2D eigenvalue weighted by molar-refractivity contribution is 7.16. The van der Waals surface area contributed by atoms with Crippen LogP contribution in [0.25, 0.3) is 11.5 Å². The van der Waals surface area contributed by atoms with E-state index < -0.39 is 5.41 Å². The first-order valence-electron chi connectivity index (χ1n) is 16.0. The highest BCUT2D eigenvalue weighted by Crippen LogP contribution is 2.48. The van der Waals surface area contributed by atoms with Crippen LogP contribution in [0.2, 0.25) is 0 Å². The number of anilines is 3. The van der Waals surface area contributed by atoms with Crippen molar-refractivity contribution in [3.63, 3.8) is 0 Å². The van der Waals surface area contributed by atoms with Gasteiger partial charge in [-0.3, -0.25) is 4.90 Å². The molecule has 2 saturated heterocycles. The zero-order chi connectivity index (χ0) is 29.7. The van der Waals surface area contributed by atoms with Crippen molar-refractivity contribution in [1.82, 2.24) is 25.3 Å². The predicted molar refractivity (Wildman–Crippen MR) is 171 cm³/mol.